The molecule has 5 heteroatoms. The molecular weight excluding hydrogens is 367 g/mol. The van der Waals surface area contributed by atoms with E-state index >= 15 is 0 Å². The summed E-state index contributed by atoms with van der Waals surface area (Å²) in [5.41, 5.74) is 4.95. The fourth-order valence-electron chi connectivity index (χ4n) is 2.75. The molecule has 0 bridgehead atoms. The number of fused-ring (bicyclic) bond motifs is 1. The highest BCUT2D eigenvalue weighted by Gasteiger charge is 2.09. The second-order valence-corrected chi connectivity index (χ2v) is 6.95. The average Bonchev–Trinajstić information content (AvgIpc) is 3.08. The van der Waals surface area contributed by atoms with Crippen molar-refractivity contribution in [3.05, 3.63) is 88.2 Å². The molecule has 0 aliphatic heterocycles. The third kappa shape index (κ3) is 3.41. The van der Waals surface area contributed by atoms with Crippen molar-refractivity contribution in [2.45, 2.75) is 13.5 Å². The summed E-state index contributed by atoms with van der Waals surface area (Å²) in [5, 5.41) is 1.06. The first-order valence-corrected chi connectivity index (χ1v) is 8.97. The molecular formula is C21H16Cl2N2O. The summed E-state index contributed by atoms with van der Waals surface area (Å²) in [4.78, 5) is 4.75. The lowest BCUT2D eigenvalue weighted by Gasteiger charge is -2.08. The summed E-state index contributed by atoms with van der Waals surface area (Å²) in [5.74, 6) is 0.719. The predicted molar refractivity (Wildman–Crippen MR) is 106 cm³/mol. The van der Waals surface area contributed by atoms with Crippen molar-refractivity contribution < 1.29 is 4.74 Å². The van der Waals surface area contributed by atoms with Crippen molar-refractivity contribution in [2.24, 2.45) is 0 Å². The van der Waals surface area contributed by atoms with Gasteiger partial charge in [-0.05, 0) is 36.8 Å². The number of rotatable bonds is 4. The smallest absolute Gasteiger partial charge is 0.180 e. The van der Waals surface area contributed by atoms with Crippen LogP contribution in [-0.4, -0.2) is 9.38 Å². The maximum absolute atomic E-state index is 6.07. The van der Waals surface area contributed by atoms with E-state index in [0.29, 0.717) is 16.7 Å². The number of aromatic nitrogens is 2. The molecule has 0 radical (unpaired) electrons. The van der Waals surface area contributed by atoms with Crippen LogP contribution in [0.5, 0.6) is 5.75 Å². The summed E-state index contributed by atoms with van der Waals surface area (Å²) in [6.07, 6.45) is 3.97. The van der Waals surface area contributed by atoms with Crippen LogP contribution in [0.2, 0.25) is 10.0 Å². The number of ether oxygens (including phenoxy) is 1. The highest BCUT2D eigenvalue weighted by atomic mass is 35.5. The van der Waals surface area contributed by atoms with Crippen molar-refractivity contribution >= 4 is 28.8 Å². The Balaban J connectivity index is 1.63. The Kier molecular flexibility index (Phi) is 4.58. The molecule has 0 N–H and O–H groups in total. The number of hydrogen-bond donors (Lipinski definition) is 0. The van der Waals surface area contributed by atoms with E-state index in [-0.39, 0.29) is 0 Å². The highest BCUT2D eigenvalue weighted by molar-refractivity contribution is 6.42. The fourth-order valence-corrected chi connectivity index (χ4v) is 3.07. The van der Waals surface area contributed by atoms with E-state index in [1.54, 1.807) is 6.07 Å². The van der Waals surface area contributed by atoms with Crippen LogP contribution in [0.25, 0.3) is 16.9 Å². The minimum Gasteiger partial charge on any atom is -0.485 e. The van der Waals surface area contributed by atoms with Gasteiger partial charge in [-0.25, -0.2) is 4.98 Å². The lowest BCUT2D eigenvalue weighted by atomic mass is 10.1. The molecule has 4 rings (SSSR count). The van der Waals surface area contributed by atoms with E-state index in [1.165, 1.54) is 5.56 Å². The average molecular weight is 383 g/mol. The van der Waals surface area contributed by atoms with Crippen LogP contribution in [0, 0.1) is 6.92 Å². The summed E-state index contributed by atoms with van der Waals surface area (Å²) < 4.78 is 7.96. The van der Waals surface area contributed by atoms with Crippen molar-refractivity contribution in [3.63, 3.8) is 0 Å². The second kappa shape index (κ2) is 7.02. The molecule has 0 spiro atoms. The molecule has 130 valence electrons. The van der Waals surface area contributed by atoms with Gasteiger partial charge in [-0.2, -0.15) is 0 Å². The zero-order valence-corrected chi connectivity index (χ0v) is 15.6. The van der Waals surface area contributed by atoms with Crippen molar-refractivity contribution in [1.29, 1.82) is 0 Å². The maximum atomic E-state index is 6.07. The summed E-state index contributed by atoms with van der Waals surface area (Å²) in [7, 11) is 0. The Bertz CT molecular complexity index is 1070. The first kappa shape index (κ1) is 17.0. The van der Waals surface area contributed by atoms with E-state index in [9.17, 15) is 0 Å². The number of aryl methyl sites for hydroxylation is 1. The Morgan fingerprint density at radius 2 is 1.81 bits per heavy atom. The van der Waals surface area contributed by atoms with Crippen molar-refractivity contribution in [1.82, 2.24) is 9.38 Å². The molecule has 26 heavy (non-hydrogen) atoms. The molecule has 0 atom stereocenters. The molecule has 2 aromatic carbocycles. The van der Waals surface area contributed by atoms with Crippen LogP contribution in [0.4, 0.5) is 0 Å². The minimum absolute atomic E-state index is 0.392. The van der Waals surface area contributed by atoms with Gasteiger partial charge in [-0.3, -0.25) is 0 Å². The molecule has 0 saturated heterocycles. The number of halogens is 2. The Morgan fingerprint density at radius 1 is 1.00 bits per heavy atom. The molecule has 2 aromatic heterocycles. The van der Waals surface area contributed by atoms with Gasteiger partial charge in [0, 0.05) is 18.0 Å². The van der Waals surface area contributed by atoms with Crippen LogP contribution in [0.1, 0.15) is 11.1 Å². The Hall–Kier alpha value is -2.49. The topological polar surface area (TPSA) is 26.5 Å². The van der Waals surface area contributed by atoms with Gasteiger partial charge in [0.25, 0.3) is 0 Å². The second-order valence-electron chi connectivity index (χ2n) is 6.13. The lowest BCUT2D eigenvalue weighted by molar-refractivity contribution is 0.308. The molecule has 3 nitrogen and oxygen atoms in total. The minimum atomic E-state index is 0.392. The maximum Gasteiger partial charge on any atom is 0.180 e. The summed E-state index contributed by atoms with van der Waals surface area (Å²) >= 11 is 12.0. The first-order chi connectivity index (χ1) is 12.6. The Labute approximate surface area is 161 Å². The number of benzene rings is 2. The fraction of sp³-hybridized carbons (Fsp3) is 0.0952. The number of hydrogen-bond acceptors (Lipinski definition) is 2. The van der Waals surface area contributed by atoms with Gasteiger partial charge in [0.15, 0.2) is 11.4 Å². The largest absolute Gasteiger partial charge is 0.485 e. The van der Waals surface area contributed by atoms with Gasteiger partial charge in [0.1, 0.15) is 6.61 Å². The molecule has 0 fully saturated rings. The van der Waals surface area contributed by atoms with Crippen LogP contribution < -0.4 is 4.74 Å². The molecule has 0 amide bonds. The van der Waals surface area contributed by atoms with Crippen LogP contribution in [0.15, 0.2) is 67.0 Å². The van der Waals surface area contributed by atoms with Crippen molar-refractivity contribution in [2.75, 3.05) is 0 Å². The van der Waals surface area contributed by atoms with Gasteiger partial charge >= 0.3 is 0 Å². The number of imidazole rings is 1. The van der Waals surface area contributed by atoms with E-state index < -0.39 is 0 Å². The monoisotopic (exact) mass is 382 g/mol. The lowest BCUT2D eigenvalue weighted by Crippen LogP contribution is -1.97. The SMILES string of the molecule is Cc1ccc(-c2cn3cccc(OCc4ccc(Cl)c(Cl)c4)c3n2)cc1. The third-order valence-electron chi connectivity index (χ3n) is 4.17. The molecule has 0 saturated carbocycles. The summed E-state index contributed by atoms with van der Waals surface area (Å²) in [6, 6.07) is 17.7. The number of pyridine rings is 1. The van der Waals surface area contributed by atoms with Crippen molar-refractivity contribution in [3.8, 4) is 17.0 Å². The molecule has 4 aromatic rings. The highest BCUT2D eigenvalue weighted by Crippen LogP contribution is 2.27. The molecule has 2 heterocycles. The van der Waals surface area contributed by atoms with Gasteiger partial charge in [-0.1, -0.05) is 59.1 Å². The zero-order valence-electron chi connectivity index (χ0n) is 14.1. The predicted octanol–water partition coefficient (Wildman–Crippen LogP) is 6.20. The van der Waals surface area contributed by atoms with E-state index in [0.717, 1.165) is 28.2 Å². The summed E-state index contributed by atoms with van der Waals surface area (Å²) in [6.45, 7) is 2.46. The van der Waals surface area contributed by atoms with Gasteiger partial charge in [0.2, 0.25) is 0 Å². The standard InChI is InChI=1S/C21H16Cl2N2O/c1-14-4-7-16(8-5-14)19-12-25-10-2-3-20(21(25)24-19)26-13-15-6-9-17(22)18(23)11-15/h2-12H,13H2,1H3. The van der Waals surface area contributed by atoms with E-state index in [2.05, 4.69) is 31.2 Å². The molecule has 0 unspecified atom stereocenters. The van der Waals surface area contributed by atoms with Gasteiger partial charge < -0.3 is 9.14 Å². The molecule has 0 aliphatic carbocycles. The van der Waals surface area contributed by atoms with Crippen LogP contribution in [0.3, 0.4) is 0 Å². The van der Waals surface area contributed by atoms with Gasteiger partial charge in [0.05, 0.1) is 15.7 Å². The zero-order chi connectivity index (χ0) is 18.1. The first-order valence-electron chi connectivity index (χ1n) is 8.21. The van der Waals surface area contributed by atoms with E-state index in [1.807, 2.05) is 41.1 Å². The number of nitrogens with zero attached hydrogens (tertiary/aromatic N) is 2. The van der Waals surface area contributed by atoms with Crippen LogP contribution >= 0.6 is 23.2 Å². The van der Waals surface area contributed by atoms with Gasteiger partial charge in [-0.15, -0.1) is 0 Å². The van der Waals surface area contributed by atoms with Crippen LogP contribution in [-0.2, 0) is 6.61 Å². The van der Waals surface area contributed by atoms with E-state index in [4.69, 9.17) is 32.9 Å². The third-order valence-corrected chi connectivity index (χ3v) is 4.91. The Morgan fingerprint density at radius 3 is 2.58 bits per heavy atom. The normalized spacial score (nSPS) is 11.0. The quantitative estimate of drug-likeness (QED) is 0.420. The molecule has 0 aliphatic rings.